The van der Waals surface area contributed by atoms with Gasteiger partial charge < -0.3 is 10.2 Å². The molecule has 2 amide bonds. The van der Waals surface area contributed by atoms with Gasteiger partial charge in [-0.2, -0.15) is 0 Å². The second kappa shape index (κ2) is 8.22. The summed E-state index contributed by atoms with van der Waals surface area (Å²) >= 11 is 0. The molecule has 30 heavy (non-hydrogen) atoms. The number of nitrogens with one attached hydrogen (secondary N) is 1. The van der Waals surface area contributed by atoms with Crippen LogP contribution in [-0.2, 0) is 32.3 Å². The minimum Gasteiger partial charge on any atom is -0.349 e. The molecule has 0 saturated carbocycles. The summed E-state index contributed by atoms with van der Waals surface area (Å²) in [5.41, 5.74) is 4.01. The Morgan fingerprint density at radius 1 is 1.10 bits per heavy atom. The number of anilines is 1. The average Bonchev–Trinajstić information content (AvgIpc) is 3.16. The Bertz CT molecular complexity index is 1090. The van der Waals surface area contributed by atoms with E-state index in [1.807, 2.05) is 18.2 Å². The van der Waals surface area contributed by atoms with Crippen LogP contribution in [0.4, 0.5) is 5.69 Å². The third-order valence-electron chi connectivity index (χ3n) is 5.99. The molecule has 0 fully saturated rings. The van der Waals surface area contributed by atoms with E-state index in [1.165, 1.54) is 18.6 Å². The lowest BCUT2D eigenvalue weighted by Gasteiger charge is -2.26. The van der Waals surface area contributed by atoms with Gasteiger partial charge in [-0.15, -0.1) is 0 Å². The maximum Gasteiger partial charge on any atom is 0.223 e. The molecule has 7 heteroatoms. The number of carbonyl (C=O) groups is 2. The zero-order chi connectivity index (χ0) is 21.3. The van der Waals surface area contributed by atoms with Crippen molar-refractivity contribution >= 4 is 27.3 Å². The normalized spacial score (nSPS) is 17.9. The van der Waals surface area contributed by atoms with Crippen LogP contribution in [0.25, 0.3) is 0 Å². The lowest BCUT2D eigenvalue weighted by molar-refractivity contribution is -0.121. The number of aryl methyl sites for hydroxylation is 1. The highest BCUT2D eigenvalue weighted by Gasteiger charge is 2.26. The van der Waals surface area contributed by atoms with E-state index in [1.54, 1.807) is 17.0 Å². The molecule has 1 atom stereocenters. The standard InChI is InChI=1S/C23H26N2O4S/c1-16(26)25-13-11-18-15-19(9-10-22(18)25)30(28,29)14-12-23(27)24-21-8-4-6-17-5-2-3-7-20(17)21/h2-3,5,7,9-10,15,21H,4,6,8,11-14H2,1H3,(H,24,27). The fraction of sp³-hybridized carbons (Fsp3) is 0.391. The number of rotatable bonds is 5. The van der Waals surface area contributed by atoms with Crippen LogP contribution in [0.1, 0.15) is 48.9 Å². The first kappa shape index (κ1) is 20.6. The molecule has 1 unspecified atom stereocenters. The fourth-order valence-electron chi connectivity index (χ4n) is 4.41. The summed E-state index contributed by atoms with van der Waals surface area (Å²) in [5.74, 6) is -0.530. The van der Waals surface area contributed by atoms with Crippen LogP contribution in [0.5, 0.6) is 0 Å². The van der Waals surface area contributed by atoms with Gasteiger partial charge in [0.15, 0.2) is 9.84 Å². The summed E-state index contributed by atoms with van der Waals surface area (Å²) in [4.78, 5) is 26.0. The third-order valence-corrected chi connectivity index (χ3v) is 7.70. The summed E-state index contributed by atoms with van der Waals surface area (Å²) in [6.07, 6.45) is 3.45. The minimum absolute atomic E-state index is 0.0506. The predicted octanol–water partition coefficient (Wildman–Crippen LogP) is 2.95. The lowest BCUT2D eigenvalue weighted by Crippen LogP contribution is -2.32. The van der Waals surface area contributed by atoms with Gasteiger partial charge in [0.25, 0.3) is 0 Å². The molecule has 1 heterocycles. The van der Waals surface area contributed by atoms with Crippen molar-refractivity contribution < 1.29 is 18.0 Å². The maximum atomic E-state index is 12.8. The van der Waals surface area contributed by atoms with Gasteiger partial charge in [-0.25, -0.2) is 8.42 Å². The molecule has 4 rings (SSSR count). The first-order valence-electron chi connectivity index (χ1n) is 10.4. The van der Waals surface area contributed by atoms with E-state index in [4.69, 9.17) is 0 Å². The molecular formula is C23H26N2O4S. The molecule has 2 aromatic rings. The van der Waals surface area contributed by atoms with Gasteiger partial charge in [-0.3, -0.25) is 9.59 Å². The number of hydrogen-bond donors (Lipinski definition) is 1. The fourth-order valence-corrected chi connectivity index (χ4v) is 5.70. The Labute approximate surface area is 177 Å². The highest BCUT2D eigenvalue weighted by atomic mass is 32.2. The lowest BCUT2D eigenvalue weighted by atomic mass is 9.88. The molecular weight excluding hydrogens is 400 g/mol. The van der Waals surface area contributed by atoms with Gasteiger partial charge in [0.2, 0.25) is 11.8 Å². The van der Waals surface area contributed by atoms with Gasteiger partial charge in [-0.1, -0.05) is 24.3 Å². The van der Waals surface area contributed by atoms with Gasteiger partial charge in [0.1, 0.15) is 0 Å². The zero-order valence-electron chi connectivity index (χ0n) is 17.1. The van der Waals surface area contributed by atoms with Crippen LogP contribution in [0.15, 0.2) is 47.4 Å². The van der Waals surface area contributed by atoms with E-state index in [0.717, 1.165) is 36.1 Å². The minimum atomic E-state index is -3.58. The third kappa shape index (κ3) is 4.12. The number of amides is 2. The van der Waals surface area contributed by atoms with Crippen LogP contribution in [0.3, 0.4) is 0 Å². The molecule has 0 spiro atoms. The van der Waals surface area contributed by atoms with E-state index in [-0.39, 0.29) is 34.9 Å². The summed E-state index contributed by atoms with van der Waals surface area (Å²) in [5, 5.41) is 3.01. The van der Waals surface area contributed by atoms with Gasteiger partial charge in [0.05, 0.1) is 16.7 Å². The number of hydrogen-bond acceptors (Lipinski definition) is 4. The first-order chi connectivity index (χ1) is 14.3. The van der Waals surface area contributed by atoms with Crippen molar-refractivity contribution in [1.29, 1.82) is 0 Å². The quantitative estimate of drug-likeness (QED) is 0.797. The molecule has 0 radical (unpaired) electrons. The van der Waals surface area contributed by atoms with Crippen LogP contribution in [-0.4, -0.2) is 32.5 Å². The van der Waals surface area contributed by atoms with E-state index in [0.29, 0.717) is 13.0 Å². The Kier molecular flexibility index (Phi) is 5.64. The van der Waals surface area contributed by atoms with Crippen molar-refractivity contribution in [2.75, 3.05) is 17.2 Å². The van der Waals surface area contributed by atoms with Crippen molar-refractivity contribution in [3.63, 3.8) is 0 Å². The predicted molar refractivity (Wildman–Crippen MR) is 115 cm³/mol. The van der Waals surface area contributed by atoms with E-state index in [9.17, 15) is 18.0 Å². The molecule has 2 aliphatic rings. The second-order valence-electron chi connectivity index (χ2n) is 7.99. The Balaban J connectivity index is 1.40. The smallest absolute Gasteiger partial charge is 0.223 e. The Morgan fingerprint density at radius 3 is 2.70 bits per heavy atom. The Hall–Kier alpha value is -2.67. The topological polar surface area (TPSA) is 83.6 Å². The number of sulfone groups is 1. The van der Waals surface area contributed by atoms with Crippen molar-refractivity contribution in [3.8, 4) is 0 Å². The monoisotopic (exact) mass is 426 g/mol. The van der Waals surface area contributed by atoms with Crippen LogP contribution >= 0.6 is 0 Å². The van der Waals surface area contributed by atoms with Crippen molar-refractivity contribution in [2.24, 2.45) is 0 Å². The zero-order valence-corrected chi connectivity index (χ0v) is 17.9. The molecule has 1 aliphatic heterocycles. The van der Waals surface area contributed by atoms with Crippen molar-refractivity contribution in [2.45, 2.75) is 50.0 Å². The molecule has 2 aromatic carbocycles. The van der Waals surface area contributed by atoms with Crippen LogP contribution in [0, 0.1) is 0 Å². The average molecular weight is 427 g/mol. The number of fused-ring (bicyclic) bond motifs is 2. The highest BCUT2D eigenvalue weighted by molar-refractivity contribution is 7.91. The number of nitrogens with zero attached hydrogens (tertiary/aromatic N) is 1. The van der Waals surface area contributed by atoms with Crippen LogP contribution in [0.2, 0.25) is 0 Å². The molecule has 0 aromatic heterocycles. The number of carbonyl (C=O) groups excluding carboxylic acids is 2. The van der Waals surface area contributed by atoms with Crippen molar-refractivity contribution in [3.05, 3.63) is 59.2 Å². The second-order valence-corrected chi connectivity index (χ2v) is 10.1. The maximum absolute atomic E-state index is 12.8. The highest BCUT2D eigenvalue weighted by Crippen LogP contribution is 2.31. The number of benzene rings is 2. The van der Waals surface area contributed by atoms with E-state index < -0.39 is 9.84 Å². The first-order valence-corrected chi connectivity index (χ1v) is 12.0. The summed E-state index contributed by atoms with van der Waals surface area (Å²) in [7, 11) is -3.58. The largest absolute Gasteiger partial charge is 0.349 e. The summed E-state index contributed by atoms with van der Waals surface area (Å²) in [6.45, 7) is 2.07. The van der Waals surface area contributed by atoms with E-state index >= 15 is 0 Å². The summed E-state index contributed by atoms with van der Waals surface area (Å²) < 4.78 is 25.6. The molecule has 0 saturated heterocycles. The van der Waals surface area contributed by atoms with Gasteiger partial charge >= 0.3 is 0 Å². The summed E-state index contributed by atoms with van der Waals surface area (Å²) in [6, 6.07) is 12.9. The molecule has 1 aliphatic carbocycles. The van der Waals surface area contributed by atoms with Gasteiger partial charge in [0, 0.05) is 25.6 Å². The molecule has 1 N–H and O–H groups in total. The van der Waals surface area contributed by atoms with E-state index in [2.05, 4.69) is 11.4 Å². The van der Waals surface area contributed by atoms with Crippen molar-refractivity contribution in [1.82, 2.24) is 5.32 Å². The molecule has 0 bridgehead atoms. The molecule has 158 valence electrons. The SMILES string of the molecule is CC(=O)N1CCc2cc(S(=O)(=O)CCC(=O)NC3CCCc4ccccc43)ccc21. The van der Waals surface area contributed by atoms with Crippen LogP contribution < -0.4 is 10.2 Å². The van der Waals surface area contributed by atoms with Gasteiger partial charge in [-0.05, 0) is 60.6 Å². The molecule has 6 nitrogen and oxygen atoms in total. The Morgan fingerprint density at radius 2 is 1.90 bits per heavy atom.